The van der Waals surface area contributed by atoms with Gasteiger partial charge in [-0.2, -0.15) is 5.10 Å². The van der Waals surface area contributed by atoms with Crippen LogP contribution in [0, 0.1) is 6.92 Å². The molecule has 0 radical (unpaired) electrons. The third-order valence-electron chi connectivity index (χ3n) is 4.16. The first kappa shape index (κ1) is 13.2. The maximum Gasteiger partial charge on any atom is 0.197 e. The molecule has 2 aromatic rings. The molecule has 6 nitrogen and oxygen atoms in total. The number of anilines is 1. The first-order valence-corrected chi connectivity index (χ1v) is 8.46. The Balaban J connectivity index is 1.71. The van der Waals surface area contributed by atoms with Crippen LogP contribution in [-0.4, -0.2) is 24.5 Å². The van der Waals surface area contributed by atoms with E-state index in [1.807, 2.05) is 11.6 Å². The van der Waals surface area contributed by atoms with Gasteiger partial charge in [-0.25, -0.2) is 0 Å². The van der Waals surface area contributed by atoms with Crippen LogP contribution in [0.2, 0.25) is 0 Å². The Hall–Kier alpha value is -1.50. The molecule has 0 unspecified atom stereocenters. The van der Waals surface area contributed by atoms with Crippen molar-refractivity contribution in [2.24, 2.45) is 0 Å². The molecular weight excluding hydrogens is 284 g/mol. The van der Waals surface area contributed by atoms with E-state index < -0.39 is 0 Å². The average molecular weight is 304 g/mol. The molecule has 2 aromatic heterocycles. The molecular formula is C14H20N6S. The van der Waals surface area contributed by atoms with Gasteiger partial charge in [0.15, 0.2) is 5.16 Å². The average Bonchev–Trinajstić information content (AvgIpc) is 3.40. The van der Waals surface area contributed by atoms with Crippen molar-refractivity contribution < 1.29 is 0 Å². The summed E-state index contributed by atoms with van der Waals surface area (Å²) >= 11 is 1.61. The zero-order valence-corrected chi connectivity index (χ0v) is 13.2. The maximum absolute atomic E-state index is 6.19. The van der Waals surface area contributed by atoms with Crippen LogP contribution in [0.4, 0.5) is 5.69 Å². The molecule has 2 aliphatic carbocycles. The Labute approximate surface area is 128 Å². The molecule has 2 aliphatic rings. The number of nitrogens with two attached hydrogens (primary N) is 1. The highest BCUT2D eigenvalue weighted by Crippen LogP contribution is 2.47. The van der Waals surface area contributed by atoms with E-state index in [0.717, 1.165) is 28.1 Å². The zero-order chi connectivity index (χ0) is 14.6. The molecule has 0 spiro atoms. The molecule has 0 bridgehead atoms. The maximum atomic E-state index is 6.19. The monoisotopic (exact) mass is 304 g/mol. The van der Waals surface area contributed by atoms with Crippen LogP contribution in [0.3, 0.4) is 0 Å². The summed E-state index contributed by atoms with van der Waals surface area (Å²) in [7, 11) is 0. The Kier molecular flexibility index (Phi) is 2.99. The number of hydrogen-bond acceptors (Lipinski definition) is 5. The lowest BCUT2D eigenvalue weighted by molar-refractivity contribution is 0.596. The summed E-state index contributed by atoms with van der Waals surface area (Å²) < 4.78 is 4.31. The molecule has 112 valence electrons. The standard InChI is InChI=1S/C14H20N6S/c1-3-19-13(11(15)8(2)18-19)21-14-17-16-12(9-4-5-9)20(14)10-6-7-10/h9-10H,3-7,15H2,1-2H3. The SMILES string of the molecule is CCn1nc(C)c(N)c1Sc1nnc(C2CC2)n1C1CC1. The van der Waals surface area contributed by atoms with E-state index in [0.29, 0.717) is 12.0 Å². The molecule has 0 aliphatic heterocycles. The van der Waals surface area contributed by atoms with Crippen molar-refractivity contribution in [1.29, 1.82) is 0 Å². The van der Waals surface area contributed by atoms with Crippen LogP contribution in [0.25, 0.3) is 0 Å². The summed E-state index contributed by atoms with van der Waals surface area (Å²) in [5, 5.41) is 15.3. The summed E-state index contributed by atoms with van der Waals surface area (Å²) in [5.41, 5.74) is 7.84. The molecule has 2 N–H and O–H groups in total. The van der Waals surface area contributed by atoms with E-state index in [1.165, 1.54) is 31.5 Å². The highest BCUT2D eigenvalue weighted by molar-refractivity contribution is 7.99. The smallest absolute Gasteiger partial charge is 0.197 e. The van der Waals surface area contributed by atoms with Crippen molar-refractivity contribution >= 4 is 17.4 Å². The van der Waals surface area contributed by atoms with Gasteiger partial charge in [-0.15, -0.1) is 10.2 Å². The normalized spacial score (nSPS) is 18.4. The highest BCUT2D eigenvalue weighted by atomic mass is 32.2. The second-order valence-corrected chi connectivity index (χ2v) is 6.89. The number of hydrogen-bond donors (Lipinski definition) is 1. The van der Waals surface area contributed by atoms with Gasteiger partial charge in [0.2, 0.25) is 0 Å². The molecule has 0 aromatic carbocycles. The van der Waals surface area contributed by atoms with Crippen LogP contribution in [0.5, 0.6) is 0 Å². The first-order valence-electron chi connectivity index (χ1n) is 7.64. The molecule has 2 fully saturated rings. The fourth-order valence-corrected chi connectivity index (χ4v) is 3.76. The molecule has 0 amide bonds. The van der Waals surface area contributed by atoms with Crippen molar-refractivity contribution in [3.8, 4) is 0 Å². The lowest BCUT2D eigenvalue weighted by Crippen LogP contribution is -2.04. The highest BCUT2D eigenvalue weighted by Gasteiger charge is 2.36. The number of rotatable bonds is 5. The van der Waals surface area contributed by atoms with Gasteiger partial charge in [-0.1, -0.05) is 0 Å². The van der Waals surface area contributed by atoms with Crippen molar-refractivity contribution in [1.82, 2.24) is 24.5 Å². The second-order valence-electron chi connectivity index (χ2n) is 5.94. The molecule has 0 saturated heterocycles. The molecule has 2 heterocycles. The number of aromatic nitrogens is 5. The van der Waals surface area contributed by atoms with Crippen LogP contribution in [-0.2, 0) is 6.54 Å². The fourth-order valence-electron chi connectivity index (χ4n) is 2.64. The Bertz CT molecular complexity index is 680. The van der Waals surface area contributed by atoms with Gasteiger partial charge in [0, 0.05) is 18.5 Å². The first-order chi connectivity index (χ1) is 10.2. The predicted molar refractivity (Wildman–Crippen MR) is 81.4 cm³/mol. The largest absolute Gasteiger partial charge is 0.395 e. The quantitative estimate of drug-likeness (QED) is 0.919. The van der Waals surface area contributed by atoms with E-state index in [9.17, 15) is 0 Å². The van der Waals surface area contributed by atoms with Crippen LogP contribution >= 0.6 is 11.8 Å². The van der Waals surface area contributed by atoms with Crippen LogP contribution in [0.1, 0.15) is 56.1 Å². The van der Waals surface area contributed by atoms with E-state index >= 15 is 0 Å². The lowest BCUT2D eigenvalue weighted by atomic mass is 10.4. The van der Waals surface area contributed by atoms with Gasteiger partial charge in [0.05, 0.1) is 11.4 Å². The summed E-state index contributed by atoms with van der Waals surface area (Å²) in [4.78, 5) is 0. The Morgan fingerprint density at radius 1 is 1.24 bits per heavy atom. The molecule has 21 heavy (non-hydrogen) atoms. The minimum absolute atomic E-state index is 0.596. The summed E-state index contributed by atoms with van der Waals surface area (Å²) in [6.45, 7) is 4.84. The predicted octanol–water partition coefficient (Wildman–Crippen LogP) is 2.75. The van der Waals surface area contributed by atoms with Gasteiger partial charge < -0.3 is 10.3 Å². The van der Waals surface area contributed by atoms with Gasteiger partial charge in [-0.05, 0) is 51.3 Å². The Morgan fingerprint density at radius 2 is 2.00 bits per heavy atom. The van der Waals surface area contributed by atoms with Gasteiger partial charge in [-0.3, -0.25) is 4.68 Å². The van der Waals surface area contributed by atoms with Crippen molar-refractivity contribution in [3.63, 3.8) is 0 Å². The van der Waals surface area contributed by atoms with Gasteiger partial charge in [0.1, 0.15) is 10.9 Å². The third-order valence-corrected chi connectivity index (χ3v) is 5.24. The zero-order valence-electron chi connectivity index (χ0n) is 12.4. The van der Waals surface area contributed by atoms with E-state index in [1.54, 1.807) is 11.8 Å². The molecule has 4 rings (SSSR count). The summed E-state index contributed by atoms with van der Waals surface area (Å²) in [6, 6.07) is 0.596. The van der Waals surface area contributed by atoms with Crippen molar-refractivity contribution in [3.05, 3.63) is 11.5 Å². The minimum Gasteiger partial charge on any atom is -0.395 e. The van der Waals surface area contributed by atoms with E-state index in [4.69, 9.17) is 5.73 Å². The fraction of sp³-hybridized carbons (Fsp3) is 0.643. The van der Waals surface area contributed by atoms with E-state index in [2.05, 4.69) is 26.8 Å². The Morgan fingerprint density at radius 3 is 2.62 bits per heavy atom. The molecule has 0 atom stereocenters. The number of nitrogens with zero attached hydrogens (tertiary/aromatic N) is 5. The van der Waals surface area contributed by atoms with Crippen molar-refractivity contribution in [2.45, 2.75) is 68.2 Å². The van der Waals surface area contributed by atoms with Crippen LogP contribution in [0.15, 0.2) is 10.2 Å². The molecule has 2 saturated carbocycles. The van der Waals surface area contributed by atoms with Crippen LogP contribution < -0.4 is 5.73 Å². The van der Waals surface area contributed by atoms with Gasteiger partial charge in [0.25, 0.3) is 0 Å². The van der Waals surface area contributed by atoms with E-state index in [-0.39, 0.29) is 0 Å². The van der Waals surface area contributed by atoms with Gasteiger partial charge >= 0.3 is 0 Å². The minimum atomic E-state index is 0.596. The van der Waals surface area contributed by atoms with Crippen molar-refractivity contribution in [2.75, 3.05) is 5.73 Å². The third kappa shape index (κ3) is 2.23. The lowest BCUT2D eigenvalue weighted by Gasteiger charge is -2.09. The number of nitrogen functional groups attached to an aromatic ring is 1. The summed E-state index contributed by atoms with van der Waals surface area (Å²) in [6.07, 6.45) is 4.99. The molecule has 7 heteroatoms. The topological polar surface area (TPSA) is 74.6 Å². The second kappa shape index (κ2) is 4.76. The number of aryl methyl sites for hydroxylation is 2. The summed E-state index contributed by atoms with van der Waals surface area (Å²) in [5.74, 6) is 1.81.